The van der Waals surface area contributed by atoms with Gasteiger partial charge in [0.1, 0.15) is 11.4 Å². The zero-order valence-electron chi connectivity index (χ0n) is 11.6. The predicted molar refractivity (Wildman–Crippen MR) is 82.7 cm³/mol. The normalized spacial score (nSPS) is 15.4. The molecule has 0 saturated carbocycles. The van der Waals surface area contributed by atoms with Crippen LogP contribution in [0.5, 0.6) is 0 Å². The second-order valence-electron chi connectivity index (χ2n) is 6.00. The second kappa shape index (κ2) is 6.33. The molecule has 1 aromatic carbocycles. The average molecular weight is 364 g/mol. The summed E-state index contributed by atoms with van der Waals surface area (Å²) in [4.78, 5) is 0. The first-order valence-electron chi connectivity index (χ1n) is 6.23. The van der Waals surface area contributed by atoms with E-state index < -0.39 is 5.60 Å². The average Bonchev–Trinajstić information content (AvgIpc) is 2.27. The van der Waals surface area contributed by atoms with Gasteiger partial charge >= 0.3 is 0 Å². The van der Waals surface area contributed by atoms with Gasteiger partial charge in [-0.3, -0.25) is 0 Å². The highest BCUT2D eigenvalue weighted by molar-refractivity contribution is 14.1. The Morgan fingerprint density at radius 3 is 2.28 bits per heavy atom. The molecule has 1 aromatic rings. The molecule has 0 heterocycles. The van der Waals surface area contributed by atoms with E-state index in [1.54, 1.807) is 6.07 Å². The molecule has 18 heavy (non-hydrogen) atoms. The highest BCUT2D eigenvalue weighted by Gasteiger charge is 2.29. The van der Waals surface area contributed by atoms with Crippen molar-refractivity contribution in [1.82, 2.24) is 0 Å². The summed E-state index contributed by atoms with van der Waals surface area (Å²) in [7, 11) is 0. The Balaban J connectivity index is 2.77. The van der Waals surface area contributed by atoms with E-state index in [-0.39, 0.29) is 11.2 Å². The van der Waals surface area contributed by atoms with Crippen LogP contribution in [0.2, 0.25) is 0 Å². The molecule has 0 radical (unpaired) electrons. The Morgan fingerprint density at radius 1 is 1.17 bits per heavy atom. The fourth-order valence-corrected chi connectivity index (χ4v) is 2.29. The standard InChI is InChI=1S/C15H22FIO/c1-14(2,3)9-10-18-15(4,11-17)12-7-5-6-8-13(12)16/h5-8H,9-11H2,1-4H3. The number of alkyl halides is 1. The van der Waals surface area contributed by atoms with Crippen molar-refractivity contribution in [1.29, 1.82) is 0 Å². The summed E-state index contributed by atoms with van der Waals surface area (Å²) in [5, 5.41) is 0. The summed E-state index contributed by atoms with van der Waals surface area (Å²) in [6.07, 6.45) is 0.966. The van der Waals surface area contributed by atoms with Crippen LogP contribution >= 0.6 is 22.6 Å². The maximum Gasteiger partial charge on any atom is 0.129 e. The zero-order chi connectivity index (χ0) is 13.8. The summed E-state index contributed by atoms with van der Waals surface area (Å²) >= 11 is 2.26. The Kier molecular flexibility index (Phi) is 5.59. The number of hydrogen-bond donors (Lipinski definition) is 0. The molecule has 0 spiro atoms. The molecule has 0 bridgehead atoms. The molecule has 0 aliphatic carbocycles. The molecular formula is C15H22FIO. The predicted octanol–water partition coefficient (Wildman–Crippen LogP) is 4.93. The van der Waals surface area contributed by atoms with Crippen LogP contribution in [0.25, 0.3) is 0 Å². The molecule has 1 unspecified atom stereocenters. The van der Waals surface area contributed by atoms with Gasteiger partial charge < -0.3 is 4.74 Å². The maximum absolute atomic E-state index is 13.8. The van der Waals surface area contributed by atoms with Gasteiger partial charge in [-0.2, -0.15) is 0 Å². The van der Waals surface area contributed by atoms with Crippen LogP contribution in [-0.2, 0) is 10.3 Å². The third kappa shape index (κ3) is 4.50. The largest absolute Gasteiger partial charge is 0.370 e. The van der Waals surface area contributed by atoms with Crippen molar-refractivity contribution in [3.05, 3.63) is 35.6 Å². The van der Waals surface area contributed by atoms with Gasteiger partial charge in [0.2, 0.25) is 0 Å². The molecule has 0 aliphatic heterocycles. The van der Waals surface area contributed by atoms with E-state index in [2.05, 4.69) is 43.4 Å². The fourth-order valence-electron chi connectivity index (χ4n) is 1.66. The molecule has 1 nitrogen and oxygen atoms in total. The van der Waals surface area contributed by atoms with Gasteiger partial charge in [-0.25, -0.2) is 4.39 Å². The van der Waals surface area contributed by atoms with E-state index in [0.717, 1.165) is 10.8 Å². The summed E-state index contributed by atoms with van der Waals surface area (Å²) in [5.41, 5.74) is 0.340. The van der Waals surface area contributed by atoms with Gasteiger partial charge in [-0.1, -0.05) is 61.6 Å². The lowest BCUT2D eigenvalue weighted by atomic mass is 9.92. The molecule has 0 fully saturated rings. The second-order valence-corrected chi connectivity index (χ2v) is 6.77. The molecule has 1 atom stereocenters. The number of ether oxygens (including phenoxy) is 1. The molecule has 102 valence electrons. The van der Waals surface area contributed by atoms with Crippen molar-refractivity contribution < 1.29 is 9.13 Å². The van der Waals surface area contributed by atoms with E-state index >= 15 is 0 Å². The first-order valence-corrected chi connectivity index (χ1v) is 7.76. The van der Waals surface area contributed by atoms with Crippen LogP contribution in [0.15, 0.2) is 24.3 Å². The summed E-state index contributed by atoms with van der Waals surface area (Å²) < 4.78 is 20.6. The van der Waals surface area contributed by atoms with Crippen molar-refractivity contribution >= 4 is 22.6 Å². The van der Waals surface area contributed by atoms with Gasteiger partial charge in [-0.15, -0.1) is 0 Å². The van der Waals surface area contributed by atoms with Crippen molar-refractivity contribution in [2.45, 2.75) is 39.7 Å². The van der Waals surface area contributed by atoms with Crippen molar-refractivity contribution in [3.63, 3.8) is 0 Å². The minimum Gasteiger partial charge on any atom is -0.370 e. The third-order valence-electron chi connectivity index (χ3n) is 2.97. The highest BCUT2D eigenvalue weighted by Crippen LogP contribution is 2.31. The topological polar surface area (TPSA) is 9.23 Å². The molecule has 0 amide bonds. The lowest BCUT2D eigenvalue weighted by molar-refractivity contribution is -0.0280. The molecular weight excluding hydrogens is 342 g/mol. The van der Waals surface area contributed by atoms with E-state index in [0.29, 0.717) is 12.2 Å². The van der Waals surface area contributed by atoms with Crippen LogP contribution < -0.4 is 0 Å². The van der Waals surface area contributed by atoms with Gasteiger partial charge in [0.05, 0.1) is 0 Å². The lowest BCUT2D eigenvalue weighted by Crippen LogP contribution is -2.30. The zero-order valence-corrected chi connectivity index (χ0v) is 13.8. The fraction of sp³-hybridized carbons (Fsp3) is 0.600. The minimum absolute atomic E-state index is 0.188. The van der Waals surface area contributed by atoms with Gasteiger partial charge in [0.25, 0.3) is 0 Å². The van der Waals surface area contributed by atoms with E-state index in [1.807, 2.05) is 19.1 Å². The molecule has 0 aromatic heterocycles. The van der Waals surface area contributed by atoms with Crippen LogP contribution in [-0.4, -0.2) is 11.0 Å². The Bertz CT molecular complexity index is 386. The van der Waals surface area contributed by atoms with Gasteiger partial charge in [0.15, 0.2) is 0 Å². The maximum atomic E-state index is 13.8. The van der Waals surface area contributed by atoms with Crippen LogP contribution in [0.4, 0.5) is 4.39 Å². The lowest BCUT2D eigenvalue weighted by Gasteiger charge is -2.30. The molecule has 0 N–H and O–H groups in total. The monoisotopic (exact) mass is 364 g/mol. The molecule has 0 saturated heterocycles. The first-order chi connectivity index (χ1) is 8.28. The number of hydrogen-bond acceptors (Lipinski definition) is 1. The molecule has 3 heteroatoms. The quantitative estimate of drug-likeness (QED) is 0.532. The van der Waals surface area contributed by atoms with E-state index in [1.165, 1.54) is 6.07 Å². The summed E-state index contributed by atoms with van der Waals surface area (Å²) in [6.45, 7) is 9.15. The van der Waals surface area contributed by atoms with E-state index in [4.69, 9.17) is 4.74 Å². The smallest absolute Gasteiger partial charge is 0.129 e. The van der Waals surface area contributed by atoms with Crippen LogP contribution in [0.3, 0.4) is 0 Å². The van der Waals surface area contributed by atoms with Gasteiger partial charge in [0, 0.05) is 16.6 Å². The van der Waals surface area contributed by atoms with Crippen LogP contribution in [0.1, 0.15) is 39.7 Å². The molecule has 0 aliphatic rings. The highest BCUT2D eigenvalue weighted by atomic mass is 127. The number of halogens is 2. The Morgan fingerprint density at radius 2 is 1.78 bits per heavy atom. The summed E-state index contributed by atoms with van der Waals surface area (Å²) in [6, 6.07) is 6.87. The molecule has 1 rings (SSSR count). The van der Waals surface area contributed by atoms with Crippen molar-refractivity contribution in [3.8, 4) is 0 Å². The van der Waals surface area contributed by atoms with Crippen molar-refractivity contribution in [2.24, 2.45) is 5.41 Å². The minimum atomic E-state index is -0.544. The SMILES string of the molecule is CC(C)(C)CCOC(C)(CI)c1ccccc1F. The number of benzene rings is 1. The Labute approximate surface area is 123 Å². The van der Waals surface area contributed by atoms with Gasteiger partial charge in [-0.05, 0) is 24.8 Å². The Hall–Kier alpha value is -0.160. The van der Waals surface area contributed by atoms with E-state index in [9.17, 15) is 4.39 Å². The summed E-state index contributed by atoms with van der Waals surface area (Å²) in [5.74, 6) is -0.188. The third-order valence-corrected chi connectivity index (χ3v) is 4.43. The van der Waals surface area contributed by atoms with Crippen molar-refractivity contribution in [2.75, 3.05) is 11.0 Å². The van der Waals surface area contributed by atoms with Crippen LogP contribution in [0, 0.1) is 11.2 Å². The first kappa shape index (κ1) is 15.9. The number of rotatable bonds is 5.